The molecule has 0 unspecified atom stereocenters. The van der Waals surface area contributed by atoms with Gasteiger partial charge in [0.1, 0.15) is 5.82 Å². The molecule has 0 aliphatic rings. The first-order valence-electron chi connectivity index (χ1n) is 7.33. The second-order valence-corrected chi connectivity index (χ2v) is 5.80. The lowest BCUT2D eigenvalue weighted by molar-refractivity contribution is 0.420. The van der Waals surface area contributed by atoms with Crippen LogP contribution in [0.3, 0.4) is 0 Å². The number of nitrogens with zero attached hydrogens (tertiary/aromatic N) is 4. The Morgan fingerprint density at radius 2 is 1.96 bits per heavy atom. The van der Waals surface area contributed by atoms with Crippen molar-refractivity contribution in [3.05, 3.63) is 75.8 Å². The molecule has 6 nitrogen and oxygen atoms in total. The van der Waals surface area contributed by atoms with Crippen LogP contribution in [0.15, 0.2) is 58.1 Å². The van der Waals surface area contributed by atoms with Crippen molar-refractivity contribution in [2.24, 2.45) is 0 Å². The summed E-state index contributed by atoms with van der Waals surface area (Å²) in [7, 11) is 0. The maximum absolute atomic E-state index is 13.0. The molecular weight excluding hydrogens is 347 g/mol. The summed E-state index contributed by atoms with van der Waals surface area (Å²) >= 11 is 5.94. The highest BCUT2D eigenvalue weighted by atomic mass is 35.5. The van der Waals surface area contributed by atoms with Crippen LogP contribution in [0.4, 0.5) is 4.39 Å². The topological polar surface area (TPSA) is 73.8 Å². The third kappa shape index (κ3) is 3.01. The van der Waals surface area contributed by atoms with E-state index in [2.05, 4.69) is 15.1 Å². The van der Waals surface area contributed by atoms with Gasteiger partial charge in [0, 0.05) is 10.6 Å². The van der Waals surface area contributed by atoms with E-state index in [0.29, 0.717) is 27.3 Å². The van der Waals surface area contributed by atoms with Crippen molar-refractivity contribution in [1.29, 1.82) is 0 Å². The summed E-state index contributed by atoms with van der Waals surface area (Å²) in [5.41, 5.74) is 0.905. The highest BCUT2D eigenvalue weighted by Crippen LogP contribution is 2.18. The lowest BCUT2D eigenvalue weighted by Gasteiger charge is -2.03. The summed E-state index contributed by atoms with van der Waals surface area (Å²) in [5, 5.41) is 4.73. The SMILES string of the molecule is O=c1c2cc(Cl)ccc2ncn1Cc1noc(-c2ccc(F)cc2)n1. The van der Waals surface area contributed by atoms with Crippen LogP contribution >= 0.6 is 11.6 Å². The van der Waals surface area contributed by atoms with Crippen LogP contribution < -0.4 is 5.56 Å². The van der Waals surface area contributed by atoms with Crippen LogP contribution in [0.2, 0.25) is 5.02 Å². The molecule has 0 spiro atoms. The number of fused-ring (bicyclic) bond motifs is 1. The summed E-state index contributed by atoms with van der Waals surface area (Å²) in [6.45, 7) is 0.0962. The zero-order valence-corrected chi connectivity index (χ0v) is 13.4. The molecule has 25 heavy (non-hydrogen) atoms. The van der Waals surface area contributed by atoms with Crippen LogP contribution in [0.25, 0.3) is 22.4 Å². The molecule has 2 aromatic carbocycles. The predicted molar refractivity (Wildman–Crippen MR) is 89.8 cm³/mol. The van der Waals surface area contributed by atoms with E-state index < -0.39 is 0 Å². The molecule has 0 radical (unpaired) electrons. The Balaban J connectivity index is 1.67. The third-order valence-corrected chi connectivity index (χ3v) is 3.89. The zero-order valence-electron chi connectivity index (χ0n) is 12.7. The number of hydrogen-bond donors (Lipinski definition) is 0. The molecule has 8 heteroatoms. The van der Waals surface area contributed by atoms with Crippen LogP contribution in [0.1, 0.15) is 5.82 Å². The Labute approximate surface area is 145 Å². The van der Waals surface area contributed by atoms with Gasteiger partial charge in [0.05, 0.1) is 23.8 Å². The van der Waals surface area contributed by atoms with Gasteiger partial charge in [-0.05, 0) is 42.5 Å². The monoisotopic (exact) mass is 356 g/mol. The van der Waals surface area contributed by atoms with E-state index in [9.17, 15) is 9.18 Å². The summed E-state index contributed by atoms with van der Waals surface area (Å²) in [4.78, 5) is 21.0. The van der Waals surface area contributed by atoms with Crippen molar-refractivity contribution < 1.29 is 8.91 Å². The fourth-order valence-corrected chi connectivity index (χ4v) is 2.60. The van der Waals surface area contributed by atoms with Crippen molar-refractivity contribution in [1.82, 2.24) is 19.7 Å². The molecule has 2 aromatic heterocycles. The summed E-state index contributed by atoms with van der Waals surface area (Å²) in [6.07, 6.45) is 1.42. The van der Waals surface area contributed by atoms with Gasteiger partial charge in [0.15, 0.2) is 5.82 Å². The highest BCUT2D eigenvalue weighted by Gasteiger charge is 2.11. The summed E-state index contributed by atoms with van der Waals surface area (Å²) < 4.78 is 19.5. The largest absolute Gasteiger partial charge is 0.334 e. The molecule has 4 aromatic rings. The van der Waals surface area contributed by atoms with Crippen molar-refractivity contribution in [2.75, 3.05) is 0 Å². The van der Waals surface area contributed by atoms with Gasteiger partial charge in [-0.15, -0.1) is 0 Å². The van der Waals surface area contributed by atoms with Gasteiger partial charge < -0.3 is 4.52 Å². The molecule has 4 rings (SSSR count). The third-order valence-electron chi connectivity index (χ3n) is 3.66. The van der Waals surface area contributed by atoms with E-state index in [1.54, 1.807) is 30.3 Å². The predicted octanol–water partition coefficient (Wildman–Crippen LogP) is 3.29. The number of aromatic nitrogens is 4. The fraction of sp³-hybridized carbons (Fsp3) is 0.0588. The smallest absolute Gasteiger partial charge is 0.261 e. The van der Waals surface area contributed by atoms with E-state index in [4.69, 9.17) is 16.1 Å². The molecule has 0 N–H and O–H groups in total. The molecule has 0 aliphatic carbocycles. The Morgan fingerprint density at radius 3 is 2.76 bits per heavy atom. The quantitative estimate of drug-likeness (QED) is 0.563. The Morgan fingerprint density at radius 1 is 1.16 bits per heavy atom. The Hall–Kier alpha value is -3.06. The minimum atomic E-state index is -0.351. The van der Waals surface area contributed by atoms with Gasteiger partial charge in [-0.25, -0.2) is 9.37 Å². The van der Waals surface area contributed by atoms with Crippen molar-refractivity contribution in [3.8, 4) is 11.5 Å². The summed E-state index contributed by atoms with van der Waals surface area (Å²) in [5.74, 6) is 0.209. The summed E-state index contributed by atoms with van der Waals surface area (Å²) in [6, 6.07) is 10.6. The van der Waals surface area contributed by atoms with E-state index >= 15 is 0 Å². The first-order valence-corrected chi connectivity index (χ1v) is 7.71. The lowest BCUT2D eigenvalue weighted by atomic mass is 10.2. The maximum Gasteiger partial charge on any atom is 0.261 e. The molecule has 2 heterocycles. The second kappa shape index (κ2) is 6.10. The first-order chi connectivity index (χ1) is 12.1. The average Bonchev–Trinajstić information content (AvgIpc) is 3.07. The van der Waals surface area contributed by atoms with E-state index in [1.165, 1.54) is 23.0 Å². The van der Waals surface area contributed by atoms with Crippen LogP contribution in [-0.2, 0) is 6.54 Å². The molecule has 0 aliphatic heterocycles. The molecule has 0 atom stereocenters. The van der Waals surface area contributed by atoms with Gasteiger partial charge in [-0.2, -0.15) is 4.98 Å². The first kappa shape index (κ1) is 15.5. The standard InChI is InChI=1S/C17H10ClFN4O2/c18-11-3-6-14-13(7-11)17(24)23(9-20-14)8-15-21-16(25-22-15)10-1-4-12(19)5-2-10/h1-7,9H,8H2. The lowest BCUT2D eigenvalue weighted by Crippen LogP contribution is -2.21. The van der Waals surface area contributed by atoms with Crippen LogP contribution in [0.5, 0.6) is 0 Å². The highest BCUT2D eigenvalue weighted by molar-refractivity contribution is 6.31. The van der Waals surface area contributed by atoms with E-state index in [-0.39, 0.29) is 23.8 Å². The van der Waals surface area contributed by atoms with Gasteiger partial charge >= 0.3 is 0 Å². The van der Waals surface area contributed by atoms with E-state index in [1.807, 2.05) is 0 Å². The van der Waals surface area contributed by atoms with Crippen molar-refractivity contribution in [2.45, 2.75) is 6.54 Å². The number of halogens is 2. The molecule has 0 amide bonds. The van der Waals surface area contributed by atoms with Gasteiger partial charge in [-0.1, -0.05) is 16.8 Å². The van der Waals surface area contributed by atoms with Gasteiger partial charge in [0.25, 0.3) is 11.4 Å². The molecule has 0 fully saturated rings. The van der Waals surface area contributed by atoms with E-state index in [0.717, 1.165) is 0 Å². The molecule has 0 saturated heterocycles. The van der Waals surface area contributed by atoms with Crippen LogP contribution in [0, 0.1) is 5.82 Å². The number of rotatable bonds is 3. The normalized spacial score (nSPS) is 11.1. The zero-order chi connectivity index (χ0) is 17.4. The molecular formula is C17H10ClFN4O2. The Bertz CT molecular complexity index is 1120. The molecule has 0 bridgehead atoms. The minimum absolute atomic E-state index is 0.0962. The number of hydrogen-bond acceptors (Lipinski definition) is 5. The molecule has 0 saturated carbocycles. The van der Waals surface area contributed by atoms with Crippen molar-refractivity contribution in [3.63, 3.8) is 0 Å². The minimum Gasteiger partial charge on any atom is -0.334 e. The number of benzene rings is 2. The van der Waals surface area contributed by atoms with Crippen LogP contribution in [-0.4, -0.2) is 19.7 Å². The van der Waals surface area contributed by atoms with Gasteiger partial charge in [-0.3, -0.25) is 9.36 Å². The Kier molecular flexibility index (Phi) is 3.77. The second-order valence-electron chi connectivity index (χ2n) is 5.36. The maximum atomic E-state index is 13.0. The molecule has 124 valence electrons. The van der Waals surface area contributed by atoms with Gasteiger partial charge in [0.2, 0.25) is 0 Å². The fourth-order valence-electron chi connectivity index (χ4n) is 2.42. The van der Waals surface area contributed by atoms with Crippen molar-refractivity contribution >= 4 is 22.5 Å². The average molecular weight is 357 g/mol.